The van der Waals surface area contributed by atoms with Crippen LogP contribution >= 0.6 is 11.6 Å². The summed E-state index contributed by atoms with van der Waals surface area (Å²) in [7, 11) is 0. The number of halogens is 1. The molecule has 0 saturated heterocycles. The van der Waals surface area contributed by atoms with Crippen LogP contribution in [0.15, 0.2) is 76.1 Å². The Morgan fingerprint density at radius 1 is 1.03 bits per heavy atom. The van der Waals surface area contributed by atoms with E-state index in [1.165, 1.54) is 0 Å². The molecule has 0 atom stereocenters. The summed E-state index contributed by atoms with van der Waals surface area (Å²) in [6, 6.07) is 18.3. The molecule has 166 valence electrons. The Morgan fingerprint density at radius 3 is 2.64 bits per heavy atom. The van der Waals surface area contributed by atoms with Gasteiger partial charge in [-0.3, -0.25) is 18.6 Å². The quantitative estimate of drug-likeness (QED) is 0.399. The van der Waals surface area contributed by atoms with E-state index in [4.69, 9.17) is 16.0 Å². The van der Waals surface area contributed by atoms with E-state index in [0.29, 0.717) is 52.8 Å². The summed E-state index contributed by atoms with van der Waals surface area (Å²) in [5.74, 6) is 1.61. The van der Waals surface area contributed by atoms with Crippen LogP contribution in [0, 0.1) is 0 Å². The molecule has 5 aromatic rings. The molecule has 0 aliphatic carbocycles. The van der Waals surface area contributed by atoms with Gasteiger partial charge in [0.1, 0.15) is 11.6 Å². The van der Waals surface area contributed by atoms with Gasteiger partial charge in [-0.1, -0.05) is 35.9 Å². The number of amides is 1. The molecule has 3 aromatic heterocycles. The van der Waals surface area contributed by atoms with Crippen molar-refractivity contribution in [1.82, 2.24) is 24.5 Å². The second-order valence-electron chi connectivity index (χ2n) is 7.64. The molecule has 2 aromatic carbocycles. The molecular formula is C24H20ClN5O3. The maximum absolute atomic E-state index is 13.3. The van der Waals surface area contributed by atoms with Gasteiger partial charge >= 0.3 is 0 Å². The fraction of sp³-hybridized carbons (Fsp3) is 0.167. The molecule has 0 saturated carbocycles. The number of nitrogens with zero attached hydrogens (tertiary/aromatic N) is 4. The van der Waals surface area contributed by atoms with Crippen LogP contribution in [0.1, 0.15) is 23.6 Å². The number of hydrogen-bond acceptors (Lipinski definition) is 5. The van der Waals surface area contributed by atoms with Crippen molar-refractivity contribution in [3.05, 3.63) is 99.5 Å². The van der Waals surface area contributed by atoms with Crippen molar-refractivity contribution in [2.75, 3.05) is 0 Å². The number of aryl methyl sites for hydroxylation is 1. The first-order chi connectivity index (χ1) is 16.1. The highest BCUT2D eigenvalue weighted by atomic mass is 35.5. The average Bonchev–Trinajstić information content (AvgIpc) is 3.50. The third kappa shape index (κ3) is 4.25. The first-order valence-corrected chi connectivity index (χ1v) is 10.9. The van der Waals surface area contributed by atoms with Crippen LogP contribution in [-0.4, -0.2) is 25.1 Å². The van der Waals surface area contributed by atoms with Gasteiger partial charge in [0.15, 0.2) is 0 Å². The highest BCUT2D eigenvalue weighted by Gasteiger charge is 2.17. The van der Waals surface area contributed by atoms with E-state index in [2.05, 4.69) is 15.5 Å². The lowest BCUT2D eigenvalue weighted by atomic mass is 10.2. The van der Waals surface area contributed by atoms with Crippen molar-refractivity contribution in [2.45, 2.75) is 25.9 Å². The number of hydrogen-bond donors (Lipinski definition) is 1. The third-order valence-electron chi connectivity index (χ3n) is 5.44. The van der Waals surface area contributed by atoms with Crippen molar-refractivity contribution in [3.8, 4) is 0 Å². The van der Waals surface area contributed by atoms with Crippen LogP contribution in [0.3, 0.4) is 0 Å². The average molecular weight is 462 g/mol. The van der Waals surface area contributed by atoms with Gasteiger partial charge in [-0.05, 0) is 42.0 Å². The monoisotopic (exact) mass is 461 g/mol. The van der Waals surface area contributed by atoms with Crippen molar-refractivity contribution in [1.29, 1.82) is 0 Å². The molecule has 0 aliphatic rings. The molecule has 9 heteroatoms. The maximum Gasteiger partial charge on any atom is 0.263 e. The Bertz CT molecular complexity index is 1490. The fourth-order valence-corrected chi connectivity index (χ4v) is 3.93. The lowest BCUT2D eigenvalue weighted by molar-refractivity contribution is -0.121. The summed E-state index contributed by atoms with van der Waals surface area (Å²) < 4.78 is 8.69. The minimum atomic E-state index is -0.150. The Kier molecular flexibility index (Phi) is 5.66. The summed E-state index contributed by atoms with van der Waals surface area (Å²) in [4.78, 5) is 25.6. The van der Waals surface area contributed by atoms with Gasteiger partial charge in [0, 0.05) is 17.9 Å². The van der Waals surface area contributed by atoms with Crippen LogP contribution in [-0.2, 0) is 24.3 Å². The van der Waals surface area contributed by atoms with E-state index in [-0.39, 0.29) is 17.9 Å². The molecule has 0 unspecified atom stereocenters. The zero-order valence-corrected chi connectivity index (χ0v) is 18.3. The number of furan rings is 1. The zero-order valence-electron chi connectivity index (χ0n) is 17.6. The highest BCUT2D eigenvalue weighted by Crippen LogP contribution is 2.17. The SMILES string of the molecule is O=C(CCc1nnc2n(Cc3ccc(Cl)cc3)c(=O)c3ccccc3n12)NCc1ccco1. The van der Waals surface area contributed by atoms with Gasteiger partial charge in [-0.2, -0.15) is 0 Å². The summed E-state index contributed by atoms with van der Waals surface area (Å²) in [6.07, 6.45) is 2.17. The summed E-state index contributed by atoms with van der Waals surface area (Å²) in [6.45, 7) is 0.655. The lowest BCUT2D eigenvalue weighted by Crippen LogP contribution is -2.25. The number of para-hydroxylation sites is 1. The predicted octanol–water partition coefficient (Wildman–Crippen LogP) is 3.59. The smallest absolute Gasteiger partial charge is 0.263 e. The van der Waals surface area contributed by atoms with E-state index >= 15 is 0 Å². The summed E-state index contributed by atoms with van der Waals surface area (Å²) in [5.41, 5.74) is 1.48. The van der Waals surface area contributed by atoms with Crippen LogP contribution in [0.2, 0.25) is 5.02 Å². The van der Waals surface area contributed by atoms with Crippen LogP contribution in [0.25, 0.3) is 16.7 Å². The Balaban J connectivity index is 1.47. The number of nitrogens with one attached hydrogen (secondary N) is 1. The Morgan fingerprint density at radius 2 is 1.85 bits per heavy atom. The van der Waals surface area contributed by atoms with Crippen molar-refractivity contribution in [3.63, 3.8) is 0 Å². The van der Waals surface area contributed by atoms with Crippen molar-refractivity contribution >= 4 is 34.2 Å². The topological polar surface area (TPSA) is 94.4 Å². The number of carbonyl (C=O) groups is 1. The minimum absolute atomic E-state index is 0.123. The van der Waals surface area contributed by atoms with Gasteiger partial charge in [0.05, 0.1) is 30.3 Å². The molecule has 1 N–H and O–H groups in total. The molecule has 0 bridgehead atoms. The van der Waals surface area contributed by atoms with E-state index < -0.39 is 0 Å². The normalized spacial score (nSPS) is 11.3. The summed E-state index contributed by atoms with van der Waals surface area (Å²) >= 11 is 6.00. The molecule has 0 radical (unpaired) electrons. The largest absolute Gasteiger partial charge is 0.467 e. The van der Waals surface area contributed by atoms with Crippen LogP contribution in [0.5, 0.6) is 0 Å². The van der Waals surface area contributed by atoms with Crippen molar-refractivity contribution in [2.24, 2.45) is 0 Å². The van der Waals surface area contributed by atoms with Gasteiger partial charge in [0.25, 0.3) is 5.56 Å². The Labute approximate surface area is 193 Å². The second-order valence-corrected chi connectivity index (χ2v) is 8.08. The highest BCUT2D eigenvalue weighted by molar-refractivity contribution is 6.30. The number of benzene rings is 2. The van der Waals surface area contributed by atoms with Gasteiger partial charge in [-0.15, -0.1) is 10.2 Å². The van der Waals surface area contributed by atoms with E-state index in [1.54, 1.807) is 41.2 Å². The first-order valence-electron chi connectivity index (χ1n) is 10.5. The van der Waals surface area contributed by atoms with Crippen LogP contribution < -0.4 is 10.9 Å². The first kappa shape index (κ1) is 21.0. The molecule has 5 rings (SSSR count). The van der Waals surface area contributed by atoms with E-state index in [0.717, 1.165) is 5.56 Å². The molecule has 0 aliphatic heterocycles. The maximum atomic E-state index is 13.3. The van der Waals surface area contributed by atoms with Gasteiger partial charge in [-0.25, -0.2) is 0 Å². The zero-order chi connectivity index (χ0) is 22.8. The second kappa shape index (κ2) is 8.91. The molecular weight excluding hydrogens is 442 g/mol. The molecule has 0 spiro atoms. The standard InChI is InChI=1S/C24H20ClN5O3/c25-17-9-7-16(8-10-17)15-29-23(32)19-5-1-2-6-20(19)30-21(27-28-24(29)30)11-12-22(31)26-14-18-4-3-13-33-18/h1-10,13H,11-12,14-15H2,(H,26,31). The third-order valence-corrected chi connectivity index (χ3v) is 5.70. The lowest BCUT2D eigenvalue weighted by Gasteiger charge is -2.11. The Hall–Kier alpha value is -3.91. The number of aromatic nitrogens is 4. The van der Waals surface area contributed by atoms with Crippen LogP contribution in [0.4, 0.5) is 0 Å². The van der Waals surface area contributed by atoms with Gasteiger partial charge in [0.2, 0.25) is 11.7 Å². The predicted molar refractivity (Wildman–Crippen MR) is 124 cm³/mol. The fourth-order valence-electron chi connectivity index (χ4n) is 3.80. The van der Waals surface area contributed by atoms with Crippen molar-refractivity contribution < 1.29 is 9.21 Å². The van der Waals surface area contributed by atoms with Gasteiger partial charge < -0.3 is 9.73 Å². The number of fused-ring (bicyclic) bond motifs is 3. The molecule has 3 heterocycles. The molecule has 0 fully saturated rings. The molecule has 1 amide bonds. The minimum Gasteiger partial charge on any atom is -0.467 e. The number of carbonyl (C=O) groups excluding carboxylic acids is 1. The molecule has 33 heavy (non-hydrogen) atoms. The summed E-state index contributed by atoms with van der Waals surface area (Å²) in [5, 5.41) is 12.7. The molecule has 8 nitrogen and oxygen atoms in total. The van der Waals surface area contributed by atoms with E-state index in [1.807, 2.05) is 34.7 Å². The van der Waals surface area contributed by atoms with E-state index in [9.17, 15) is 9.59 Å². The number of rotatable bonds is 7.